The van der Waals surface area contributed by atoms with E-state index in [1.807, 2.05) is 19.1 Å². The van der Waals surface area contributed by atoms with Crippen LogP contribution in [0.25, 0.3) is 0 Å². The molecule has 1 saturated heterocycles. The molecule has 1 aliphatic heterocycles. The molecule has 0 aliphatic carbocycles. The molecule has 4 nitrogen and oxygen atoms in total. The van der Waals surface area contributed by atoms with Crippen LogP contribution in [0, 0.1) is 12.8 Å². The number of amides is 1. The Morgan fingerprint density at radius 1 is 1.48 bits per heavy atom. The Balaban J connectivity index is 1.76. The van der Waals surface area contributed by atoms with Crippen molar-refractivity contribution in [1.82, 2.24) is 10.2 Å². The smallest absolute Gasteiger partial charge is 0.237 e. The van der Waals surface area contributed by atoms with E-state index in [1.165, 1.54) is 11.1 Å². The highest BCUT2D eigenvalue weighted by atomic mass is 16.3. The largest absolute Gasteiger partial charge is 0.396 e. The molecule has 21 heavy (non-hydrogen) atoms. The van der Waals surface area contributed by atoms with Crippen LogP contribution in [-0.4, -0.2) is 48.2 Å². The van der Waals surface area contributed by atoms with Gasteiger partial charge in [0, 0.05) is 19.7 Å². The van der Waals surface area contributed by atoms with Gasteiger partial charge in [0.1, 0.15) is 0 Å². The highest BCUT2D eigenvalue weighted by molar-refractivity contribution is 5.81. The maximum absolute atomic E-state index is 12.2. The van der Waals surface area contributed by atoms with Crippen molar-refractivity contribution >= 4 is 5.91 Å². The van der Waals surface area contributed by atoms with Gasteiger partial charge >= 0.3 is 0 Å². The Kier molecular flexibility index (Phi) is 5.76. The van der Waals surface area contributed by atoms with Gasteiger partial charge in [0.05, 0.1) is 6.04 Å². The van der Waals surface area contributed by atoms with Gasteiger partial charge in [0.15, 0.2) is 0 Å². The number of nitrogens with zero attached hydrogens (tertiary/aromatic N) is 1. The van der Waals surface area contributed by atoms with E-state index in [9.17, 15) is 9.90 Å². The number of likely N-dealkylation sites (tertiary alicyclic amines) is 1. The first-order chi connectivity index (χ1) is 10.1. The molecule has 0 bridgehead atoms. The van der Waals surface area contributed by atoms with Gasteiger partial charge in [0.2, 0.25) is 5.91 Å². The molecule has 2 atom stereocenters. The van der Waals surface area contributed by atoms with E-state index in [-0.39, 0.29) is 18.6 Å². The van der Waals surface area contributed by atoms with Crippen LogP contribution in [0.5, 0.6) is 0 Å². The third-order valence-corrected chi connectivity index (χ3v) is 4.46. The second-order valence-electron chi connectivity index (χ2n) is 5.98. The van der Waals surface area contributed by atoms with Gasteiger partial charge in [-0.2, -0.15) is 0 Å². The maximum atomic E-state index is 12.2. The first kappa shape index (κ1) is 16.0. The topological polar surface area (TPSA) is 52.6 Å². The molecule has 0 aromatic heterocycles. The average molecular weight is 290 g/mol. The van der Waals surface area contributed by atoms with E-state index < -0.39 is 0 Å². The standard InChI is InChI=1S/C17H26N2O2/c1-13-5-3-4-6-16(13)7-9-18-17(21)14(2)19-10-8-15(11-19)12-20/h3-6,14-15,20H,7-12H2,1-2H3,(H,18,21)/t14-,15+/m0/s1. The average Bonchev–Trinajstić information content (AvgIpc) is 2.97. The number of carbonyl (C=O) groups excluding carboxylic acids is 1. The molecular formula is C17H26N2O2. The van der Waals surface area contributed by atoms with Crippen molar-refractivity contribution in [2.45, 2.75) is 32.7 Å². The van der Waals surface area contributed by atoms with Crippen molar-refractivity contribution < 1.29 is 9.90 Å². The number of carbonyl (C=O) groups is 1. The summed E-state index contributed by atoms with van der Waals surface area (Å²) in [5.41, 5.74) is 2.55. The van der Waals surface area contributed by atoms with Crippen LogP contribution in [0.1, 0.15) is 24.5 Å². The molecule has 0 radical (unpaired) electrons. The van der Waals surface area contributed by atoms with Crippen molar-refractivity contribution in [2.24, 2.45) is 5.92 Å². The molecule has 1 amide bonds. The maximum Gasteiger partial charge on any atom is 0.237 e. The van der Waals surface area contributed by atoms with E-state index in [1.54, 1.807) is 0 Å². The zero-order valence-corrected chi connectivity index (χ0v) is 13.0. The zero-order valence-electron chi connectivity index (χ0n) is 13.0. The van der Waals surface area contributed by atoms with Gasteiger partial charge in [-0.3, -0.25) is 9.69 Å². The predicted molar refractivity (Wildman–Crippen MR) is 84.1 cm³/mol. The lowest BCUT2D eigenvalue weighted by Gasteiger charge is -2.23. The van der Waals surface area contributed by atoms with Gasteiger partial charge in [-0.25, -0.2) is 0 Å². The Labute approximate surface area is 127 Å². The Morgan fingerprint density at radius 3 is 2.90 bits per heavy atom. The van der Waals surface area contributed by atoms with Crippen LogP contribution in [0.3, 0.4) is 0 Å². The van der Waals surface area contributed by atoms with Crippen LogP contribution in [0.15, 0.2) is 24.3 Å². The molecule has 0 spiro atoms. The lowest BCUT2D eigenvalue weighted by atomic mass is 10.1. The van der Waals surface area contributed by atoms with Gasteiger partial charge in [-0.1, -0.05) is 24.3 Å². The molecule has 116 valence electrons. The summed E-state index contributed by atoms with van der Waals surface area (Å²) in [4.78, 5) is 14.3. The number of nitrogens with one attached hydrogen (secondary N) is 1. The quantitative estimate of drug-likeness (QED) is 0.832. The van der Waals surface area contributed by atoms with Crippen LogP contribution in [0.4, 0.5) is 0 Å². The van der Waals surface area contributed by atoms with Crippen molar-refractivity contribution in [1.29, 1.82) is 0 Å². The minimum absolute atomic E-state index is 0.0853. The Bertz CT molecular complexity index is 476. The molecule has 0 saturated carbocycles. The van der Waals surface area contributed by atoms with Crippen LogP contribution in [0.2, 0.25) is 0 Å². The van der Waals surface area contributed by atoms with Crippen LogP contribution in [-0.2, 0) is 11.2 Å². The van der Waals surface area contributed by atoms with E-state index in [4.69, 9.17) is 0 Å². The van der Waals surface area contributed by atoms with E-state index >= 15 is 0 Å². The number of rotatable bonds is 6. The molecule has 2 rings (SSSR count). The second-order valence-corrected chi connectivity index (χ2v) is 5.98. The number of aryl methyl sites for hydroxylation is 1. The Morgan fingerprint density at radius 2 is 2.24 bits per heavy atom. The first-order valence-electron chi connectivity index (χ1n) is 7.79. The number of hydrogen-bond acceptors (Lipinski definition) is 3. The summed E-state index contributed by atoms with van der Waals surface area (Å²) in [5.74, 6) is 0.411. The van der Waals surface area contributed by atoms with Gasteiger partial charge in [-0.15, -0.1) is 0 Å². The summed E-state index contributed by atoms with van der Waals surface area (Å²) in [6.07, 6.45) is 1.85. The summed E-state index contributed by atoms with van der Waals surface area (Å²) in [7, 11) is 0. The molecule has 1 heterocycles. The summed E-state index contributed by atoms with van der Waals surface area (Å²) < 4.78 is 0. The fourth-order valence-electron chi connectivity index (χ4n) is 2.89. The number of benzene rings is 1. The summed E-state index contributed by atoms with van der Waals surface area (Å²) in [6, 6.07) is 8.16. The fourth-order valence-corrected chi connectivity index (χ4v) is 2.89. The third-order valence-electron chi connectivity index (χ3n) is 4.46. The minimum Gasteiger partial charge on any atom is -0.396 e. The van der Waals surface area contributed by atoms with Gasteiger partial charge in [-0.05, 0) is 50.3 Å². The predicted octanol–water partition coefficient (Wildman–Crippen LogP) is 1.36. The lowest BCUT2D eigenvalue weighted by Crippen LogP contribution is -2.44. The van der Waals surface area contributed by atoms with E-state index in [0.29, 0.717) is 12.5 Å². The van der Waals surface area contributed by atoms with Gasteiger partial charge < -0.3 is 10.4 Å². The molecular weight excluding hydrogens is 264 g/mol. The normalized spacial score (nSPS) is 20.4. The second kappa shape index (κ2) is 7.57. The van der Waals surface area contributed by atoms with Crippen molar-refractivity contribution in [2.75, 3.05) is 26.2 Å². The monoisotopic (exact) mass is 290 g/mol. The fraction of sp³-hybridized carbons (Fsp3) is 0.588. The van der Waals surface area contributed by atoms with Crippen molar-refractivity contribution in [3.63, 3.8) is 0 Å². The number of aliphatic hydroxyl groups is 1. The first-order valence-corrected chi connectivity index (χ1v) is 7.79. The van der Waals surface area contributed by atoms with E-state index in [2.05, 4.69) is 29.3 Å². The highest BCUT2D eigenvalue weighted by Gasteiger charge is 2.28. The highest BCUT2D eigenvalue weighted by Crippen LogP contribution is 2.17. The SMILES string of the molecule is Cc1ccccc1CCNC(=O)[C@H](C)N1CC[C@@H](CO)C1. The number of aliphatic hydroxyl groups excluding tert-OH is 1. The number of hydrogen-bond donors (Lipinski definition) is 2. The van der Waals surface area contributed by atoms with E-state index in [0.717, 1.165) is 25.9 Å². The summed E-state index contributed by atoms with van der Waals surface area (Å²) in [5, 5.41) is 12.2. The summed E-state index contributed by atoms with van der Waals surface area (Å²) in [6.45, 7) is 6.66. The molecule has 1 fully saturated rings. The lowest BCUT2D eigenvalue weighted by molar-refractivity contribution is -0.125. The Hall–Kier alpha value is -1.39. The van der Waals surface area contributed by atoms with Crippen molar-refractivity contribution in [3.8, 4) is 0 Å². The molecule has 4 heteroatoms. The summed E-state index contributed by atoms with van der Waals surface area (Å²) >= 11 is 0. The minimum atomic E-state index is -0.113. The molecule has 1 aromatic carbocycles. The zero-order chi connectivity index (χ0) is 15.2. The molecule has 0 unspecified atom stereocenters. The molecule has 1 aliphatic rings. The third kappa shape index (κ3) is 4.29. The van der Waals surface area contributed by atoms with Crippen LogP contribution >= 0.6 is 0 Å². The molecule has 1 aromatic rings. The van der Waals surface area contributed by atoms with Crippen LogP contribution < -0.4 is 5.32 Å². The van der Waals surface area contributed by atoms with Gasteiger partial charge in [0.25, 0.3) is 0 Å². The van der Waals surface area contributed by atoms with Crippen molar-refractivity contribution in [3.05, 3.63) is 35.4 Å². The molecule has 2 N–H and O–H groups in total.